The quantitative estimate of drug-likeness (QED) is 0.403. The first-order valence-corrected chi connectivity index (χ1v) is 5.55. The molecule has 0 spiro atoms. The second-order valence-corrected chi connectivity index (χ2v) is 2.87. The molecule has 0 aromatic carbocycles. The van der Waals surface area contributed by atoms with Crippen molar-refractivity contribution in [3.05, 3.63) is 0 Å². The molecule has 0 aliphatic heterocycles. The third-order valence-electron chi connectivity index (χ3n) is 1.64. The minimum absolute atomic E-state index is 0. The summed E-state index contributed by atoms with van der Waals surface area (Å²) < 4.78 is 0. The Morgan fingerprint density at radius 2 is 1.87 bits per heavy atom. The van der Waals surface area contributed by atoms with E-state index in [0.717, 1.165) is 32.2 Å². The first kappa shape index (κ1) is 16.3. The predicted molar refractivity (Wildman–Crippen MR) is 63.6 cm³/mol. The molecule has 0 fully saturated rings. The zero-order valence-electron chi connectivity index (χ0n) is 10.0. The minimum atomic E-state index is 0. The predicted octanol–water partition coefficient (Wildman–Crippen LogP) is 2.29. The standard InChI is InChI=1S/C9H16N2O2.C2H6.H2/c1-9(13)11-7-5-3-2-4-6-10-8-12;1-2;/h2-7H2,1H3,(H,11,13);1-2H3;1H. The first-order chi connectivity index (χ1) is 7.27. The molecule has 0 saturated carbocycles. The molecule has 0 atom stereocenters. The van der Waals surface area contributed by atoms with Gasteiger partial charge in [-0.1, -0.05) is 26.7 Å². The second-order valence-electron chi connectivity index (χ2n) is 2.87. The van der Waals surface area contributed by atoms with Crippen LogP contribution in [-0.4, -0.2) is 25.1 Å². The Morgan fingerprint density at radius 3 is 2.40 bits per heavy atom. The fourth-order valence-electron chi connectivity index (χ4n) is 0.979. The van der Waals surface area contributed by atoms with Gasteiger partial charge in [-0.05, 0) is 12.8 Å². The van der Waals surface area contributed by atoms with Gasteiger partial charge in [-0.3, -0.25) is 4.79 Å². The van der Waals surface area contributed by atoms with Crippen LogP contribution in [0.5, 0.6) is 0 Å². The lowest BCUT2D eigenvalue weighted by Crippen LogP contribution is -2.20. The summed E-state index contributed by atoms with van der Waals surface area (Å²) in [6.45, 7) is 6.83. The highest BCUT2D eigenvalue weighted by molar-refractivity contribution is 5.72. The largest absolute Gasteiger partial charge is 0.356 e. The molecule has 0 aromatic heterocycles. The number of nitrogens with one attached hydrogen (secondary N) is 1. The maximum Gasteiger partial charge on any atom is 0.234 e. The summed E-state index contributed by atoms with van der Waals surface area (Å²) in [6, 6.07) is 0. The fourth-order valence-corrected chi connectivity index (χ4v) is 0.979. The van der Waals surface area contributed by atoms with Gasteiger partial charge in [-0.2, -0.15) is 0 Å². The smallest absolute Gasteiger partial charge is 0.234 e. The van der Waals surface area contributed by atoms with E-state index in [1.807, 2.05) is 13.8 Å². The van der Waals surface area contributed by atoms with Crippen LogP contribution in [0.4, 0.5) is 0 Å². The molecule has 0 rings (SSSR count). The van der Waals surface area contributed by atoms with Gasteiger partial charge < -0.3 is 5.32 Å². The molecule has 1 N–H and O–H groups in total. The van der Waals surface area contributed by atoms with Gasteiger partial charge >= 0.3 is 0 Å². The van der Waals surface area contributed by atoms with E-state index in [9.17, 15) is 9.59 Å². The number of hydrogen-bond donors (Lipinski definition) is 1. The van der Waals surface area contributed by atoms with Crippen LogP contribution in [0.25, 0.3) is 0 Å². The minimum Gasteiger partial charge on any atom is -0.356 e. The number of rotatable bonds is 7. The van der Waals surface area contributed by atoms with Crippen LogP contribution in [0.3, 0.4) is 0 Å². The average molecular weight is 216 g/mol. The van der Waals surface area contributed by atoms with Crippen molar-refractivity contribution in [3.63, 3.8) is 0 Å². The normalized spacial score (nSPS) is 8.20. The highest BCUT2D eigenvalue weighted by atomic mass is 16.1. The molecule has 0 bridgehead atoms. The van der Waals surface area contributed by atoms with E-state index in [1.165, 1.54) is 13.0 Å². The summed E-state index contributed by atoms with van der Waals surface area (Å²) in [6.07, 6.45) is 5.53. The number of hydrogen-bond acceptors (Lipinski definition) is 3. The van der Waals surface area contributed by atoms with Crippen molar-refractivity contribution >= 4 is 12.0 Å². The highest BCUT2D eigenvalue weighted by Gasteiger charge is 1.91. The monoisotopic (exact) mass is 216 g/mol. The van der Waals surface area contributed by atoms with Crippen LogP contribution in [0.15, 0.2) is 4.99 Å². The number of isocyanates is 1. The molecule has 4 heteroatoms. The second kappa shape index (κ2) is 15.3. The Balaban J connectivity index is -0.000000529. The lowest BCUT2D eigenvalue weighted by molar-refractivity contribution is -0.118. The molecule has 0 aliphatic carbocycles. The topological polar surface area (TPSA) is 58.5 Å². The van der Waals surface area contributed by atoms with Gasteiger partial charge in [0.1, 0.15) is 0 Å². The maximum atomic E-state index is 10.4. The van der Waals surface area contributed by atoms with E-state index in [-0.39, 0.29) is 7.33 Å². The molecule has 4 nitrogen and oxygen atoms in total. The molecular formula is C11H24N2O2. The van der Waals surface area contributed by atoms with Crippen molar-refractivity contribution in [2.45, 2.75) is 46.5 Å². The molecule has 0 aliphatic rings. The average Bonchev–Trinajstić information content (AvgIpc) is 2.24. The summed E-state index contributed by atoms with van der Waals surface area (Å²) in [5, 5.41) is 2.72. The Kier molecular flexibility index (Phi) is 16.6. The van der Waals surface area contributed by atoms with E-state index in [2.05, 4.69) is 10.3 Å². The number of nitrogens with zero attached hydrogens (tertiary/aromatic N) is 1. The van der Waals surface area contributed by atoms with Gasteiger partial charge in [0.05, 0.1) is 6.54 Å². The first-order valence-electron chi connectivity index (χ1n) is 5.55. The van der Waals surface area contributed by atoms with Crippen molar-refractivity contribution in [1.29, 1.82) is 0 Å². The van der Waals surface area contributed by atoms with Crippen molar-refractivity contribution in [2.24, 2.45) is 4.99 Å². The maximum absolute atomic E-state index is 10.4. The summed E-state index contributed by atoms with van der Waals surface area (Å²) in [4.78, 5) is 23.6. The Morgan fingerprint density at radius 1 is 1.27 bits per heavy atom. The fraction of sp³-hybridized carbons (Fsp3) is 0.818. The molecule has 0 aromatic rings. The van der Waals surface area contributed by atoms with E-state index in [0.29, 0.717) is 6.54 Å². The molecule has 0 saturated heterocycles. The molecule has 0 heterocycles. The van der Waals surface area contributed by atoms with Crippen LogP contribution in [0.2, 0.25) is 0 Å². The third-order valence-corrected chi connectivity index (χ3v) is 1.64. The van der Waals surface area contributed by atoms with Gasteiger partial charge in [-0.25, -0.2) is 9.79 Å². The van der Waals surface area contributed by atoms with E-state index >= 15 is 0 Å². The van der Waals surface area contributed by atoms with Gasteiger partial charge in [0.2, 0.25) is 12.0 Å². The number of unbranched alkanes of at least 4 members (excludes halogenated alkanes) is 3. The van der Waals surface area contributed by atoms with E-state index in [4.69, 9.17) is 0 Å². The molecule has 1 amide bonds. The zero-order valence-corrected chi connectivity index (χ0v) is 10.0. The summed E-state index contributed by atoms with van der Waals surface area (Å²) >= 11 is 0. The Labute approximate surface area is 93.6 Å². The van der Waals surface area contributed by atoms with Crippen LogP contribution in [0.1, 0.15) is 47.9 Å². The molecular weight excluding hydrogens is 192 g/mol. The SMILES string of the molecule is CC.CC(=O)NCCCCCCN=C=O.[HH]. The van der Waals surface area contributed by atoms with Crippen molar-refractivity contribution in [1.82, 2.24) is 5.32 Å². The van der Waals surface area contributed by atoms with Crippen molar-refractivity contribution in [2.75, 3.05) is 13.1 Å². The van der Waals surface area contributed by atoms with Crippen LogP contribution in [0, 0.1) is 0 Å². The van der Waals surface area contributed by atoms with Crippen molar-refractivity contribution in [3.8, 4) is 0 Å². The van der Waals surface area contributed by atoms with Crippen LogP contribution >= 0.6 is 0 Å². The third kappa shape index (κ3) is 19.3. The summed E-state index contributed by atoms with van der Waals surface area (Å²) in [5.74, 6) is 0.0190. The molecule has 90 valence electrons. The number of carbonyl (C=O) groups excluding carboxylic acids is 2. The molecule has 0 radical (unpaired) electrons. The van der Waals surface area contributed by atoms with Crippen LogP contribution < -0.4 is 5.32 Å². The van der Waals surface area contributed by atoms with Crippen molar-refractivity contribution < 1.29 is 11.0 Å². The van der Waals surface area contributed by atoms with Gasteiger partial charge in [-0.15, -0.1) is 0 Å². The highest BCUT2D eigenvalue weighted by Crippen LogP contribution is 1.98. The lowest BCUT2D eigenvalue weighted by atomic mass is 10.2. The Bertz CT molecular complexity index is 186. The summed E-state index contributed by atoms with van der Waals surface area (Å²) in [5.41, 5.74) is 0. The zero-order chi connectivity index (χ0) is 11.9. The lowest BCUT2D eigenvalue weighted by Gasteiger charge is -2.00. The molecule has 0 unspecified atom stereocenters. The van der Waals surface area contributed by atoms with E-state index < -0.39 is 0 Å². The Hall–Kier alpha value is -1.15. The van der Waals surface area contributed by atoms with Crippen LogP contribution in [-0.2, 0) is 9.59 Å². The number of aliphatic imine (C=N–C) groups is 1. The summed E-state index contributed by atoms with van der Waals surface area (Å²) in [7, 11) is 0. The molecule has 15 heavy (non-hydrogen) atoms. The van der Waals surface area contributed by atoms with E-state index in [1.54, 1.807) is 0 Å². The van der Waals surface area contributed by atoms with Gasteiger partial charge in [0.15, 0.2) is 0 Å². The number of carbonyl (C=O) groups is 1. The number of amides is 1. The van der Waals surface area contributed by atoms with Gasteiger partial charge in [0, 0.05) is 14.9 Å². The van der Waals surface area contributed by atoms with Gasteiger partial charge in [0.25, 0.3) is 0 Å².